The first-order valence-electron chi connectivity index (χ1n) is 16.0. The number of hydrogen-bond acceptors (Lipinski definition) is 6. The quantitative estimate of drug-likeness (QED) is 0.270. The van der Waals surface area contributed by atoms with Gasteiger partial charge in [0.1, 0.15) is 18.0 Å². The van der Waals surface area contributed by atoms with Gasteiger partial charge >= 0.3 is 12.0 Å². The summed E-state index contributed by atoms with van der Waals surface area (Å²) in [6.45, 7) is 6.39. The molecule has 11 heteroatoms. The van der Waals surface area contributed by atoms with Gasteiger partial charge in [-0.15, -0.1) is 0 Å². The number of aryl methyl sites for hydroxylation is 1. The molecule has 3 aromatic carbocycles. The van der Waals surface area contributed by atoms with E-state index in [9.17, 15) is 23.6 Å². The highest BCUT2D eigenvalue weighted by atomic mass is 19.1. The van der Waals surface area contributed by atoms with E-state index in [1.807, 2.05) is 62.4 Å². The standard InChI is InChI=1S/C36H42FN5O5/c1-23-20-40-36(2,3)19-32(43)41-30-14-12-26-18-28(37)13-15-31(26)42(34(30)45)22-24-8-10-25(11-9-24)29-7-5-4-6-27(29)21-39-35(46)38-17-16-33(44)47-23/h4-11,13,15,18,23,30,40H,12,14,16-17,19-22H2,1-3H3,(H,41,43)(H2,38,39,46)/t23-,30-/m1/s1. The SMILES string of the molecule is C[C@@H]1CNC(C)(C)CC(=O)N[C@@H]2CCc3cc(F)ccc3N(Cc3ccc(cc3)-c3ccccc3CNC(=O)NCCC(=O)O1)C2=O. The molecule has 2 atom stereocenters. The first kappa shape index (κ1) is 33.6. The van der Waals surface area contributed by atoms with E-state index in [-0.39, 0.29) is 50.1 Å². The molecule has 4 N–H and O–H groups in total. The minimum absolute atomic E-state index is 0.00936. The fourth-order valence-corrected chi connectivity index (χ4v) is 5.94. The molecule has 4 amide bonds. The van der Waals surface area contributed by atoms with Crippen LogP contribution in [0.2, 0.25) is 0 Å². The molecular weight excluding hydrogens is 601 g/mol. The van der Waals surface area contributed by atoms with Crippen molar-refractivity contribution in [1.82, 2.24) is 21.3 Å². The van der Waals surface area contributed by atoms with E-state index < -0.39 is 29.7 Å². The Hall–Kier alpha value is -4.77. The van der Waals surface area contributed by atoms with Crippen LogP contribution in [0, 0.1) is 5.82 Å². The minimum atomic E-state index is -0.793. The molecule has 3 heterocycles. The topological polar surface area (TPSA) is 129 Å². The number of ether oxygens (including phenoxy) is 1. The van der Waals surface area contributed by atoms with E-state index in [4.69, 9.17) is 4.74 Å². The van der Waals surface area contributed by atoms with Crippen LogP contribution in [0.25, 0.3) is 11.1 Å². The number of benzene rings is 3. The molecule has 4 bridgehead atoms. The summed E-state index contributed by atoms with van der Waals surface area (Å²) in [7, 11) is 0. The normalized spacial score (nSPS) is 21.4. The minimum Gasteiger partial charge on any atom is -0.461 e. The Labute approximate surface area is 274 Å². The van der Waals surface area contributed by atoms with Gasteiger partial charge in [-0.25, -0.2) is 9.18 Å². The Morgan fingerprint density at radius 1 is 0.915 bits per heavy atom. The first-order chi connectivity index (χ1) is 22.5. The molecule has 0 fully saturated rings. The van der Waals surface area contributed by atoms with Crippen molar-refractivity contribution in [3.8, 4) is 11.1 Å². The molecule has 0 spiro atoms. The number of halogens is 1. The van der Waals surface area contributed by atoms with E-state index in [0.717, 1.165) is 22.3 Å². The number of nitrogens with zero attached hydrogens (tertiary/aromatic N) is 1. The highest BCUT2D eigenvalue weighted by Crippen LogP contribution is 2.31. The molecule has 0 radical (unpaired) electrons. The lowest BCUT2D eigenvalue weighted by molar-refractivity contribution is -0.148. The Bertz CT molecular complexity index is 1630. The van der Waals surface area contributed by atoms with Crippen molar-refractivity contribution in [3.63, 3.8) is 0 Å². The highest BCUT2D eigenvalue weighted by Gasteiger charge is 2.33. The van der Waals surface area contributed by atoms with Crippen LogP contribution < -0.4 is 26.2 Å². The molecule has 0 unspecified atom stereocenters. The van der Waals surface area contributed by atoms with Crippen molar-refractivity contribution in [2.24, 2.45) is 0 Å². The van der Waals surface area contributed by atoms with Gasteiger partial charge in [0.2, 0.25) is 11.8 Å². The van der Waals surface area contributed by atoms with E-state index in [1.165, 1.54) is 12.1 Å². The van der Waals surface area contributed by atoms with Gasteiger partial charge < -0.3 is 30.9 Å². The number of carbonyl (C=O) groups is 4. The zero-order valence-electron chi connectivity index (χ0n) is 27.0. The average Bonchev–Trinajstić information content (AvgIpc) is 3.15. The summed E-state index contributed by atoms with van der Waals surface area (Å²) in [6.07, 6.45) is 0.357. The monoisotopic (exact) mass is 643 g/mol. The summed E-state index contributed by atoms with van der Waals surface area (Å²) in [5, 5.41) is 11.8. The predicted molar refractivity (Wildman–Crippen MR) is 177 cm³/mol. The fraction of sp³-hybridized carbons (Fsp3) is 0.389. The smallest absolute Gasteiger partial charge is 0.315 e. The van der Waals surface area contributed by atoms with Crippen molar-refractivity contribution in [3.05, 3.63) is 89.2 Å². The fourth-order valence-electron chi connectivity index (χ4n) is 5.94. The number of fused-ring (bicyclic) bond motifs is 17. The predicted octanol–water partition coefficient (Wildman–Crippen LogP) is 4.35. The number of carbonyl (C=O) groups excluding carboxylic acids is 4. The number of nitrogens with one attached hydrogen (secondary N) is 4. The van der Waals surface area contributed by atoms with Gasteiger partial charge in [-0.3, -0.25) is 14.4 Å². The molecule has 0 saturated carbocycles. The van der Waals surface area contributed by atoms with Gasteiger partial charge in [0.05, 0.1) is 13.0 Å². The maximum absolute atomic E-state index is 14.3. The number of rotatable bonds is 0. The van der Waals surface area contributed by atoms with Crippen LogP contribution in [0.4, 0.5) is 14.9 Å². The summed E-state index contributed by atoms with van der Waals surface area (Å²) in [5.41, 5.74) is 4.29. The van der Waals surface area contributed by atoms with Crippen LogP contribution in [0.3, 0.4) is 0 Å². The molecule has 3 aliphatic rings. The number of hydrogen-bond donors (Lipinski definition) is 4. The second-order valence-corrected chi connectivity index (χ2v) is 12.8. The molecule has 248 valence electrons. The van der Waals surface area contributed by atoms with Crippen molar-refractivity contribution >= 4 is 29.5 Å². The van der Waals surface area contributed by atoms with Crippen LogP contribution in [-0.4, -0.2) is 54.6 Å². The molecule has 47 heavy (non-hydrogen) atoms. The summed E-state index contributed by atoms with van der Waals surface area (Å²) in [4.78, 5) is 53.8. The molecule has 10 nitrogen and oxygen atoms in total. The zero-order valence-corrected chi connectivity index (χ0v) is 27.0. The Morgan fingerprint density at radius 3 is 2.47 bits per heavy atom. The maximum Gasteiger partial charge on any atom is 0.315 e. The number of urea groups is 1. The lowest BCUT2D eigenvalue weighted by Crippen LogP contribution is -2.51. The number of esters is 1. The third-order valence-electron chi connectivity index (χ3n) is 8.41. The van der Waals surface area contributed by atoms with Gasteiger partial charge in [0.15, 0.2) is 0 Å². The molecule has 0 aliphatic carbocycles. The van der Waals surface area contributed by atoms with Crippen LogP contribution >= 0.6 is 0 Å². The van der Waals surface area contributed by atoms with Crippen LogP contribution in [0.1, 0.15) is 56.7 Å². The second kappa shape index (κ2) is 14.8. The van der Waals surface area contributed by atoms with Gasteiger partial charge in [0.25, 0.3) is 0 Å². The Kier molecular flexibility index (Phi) is 10.6. The summed E-state index contributed by atoms with van der Waals surface area (Å²) >= 11 is 0. The summed E-state index contributed by atoms with van der Waals surface area (Å²) in [6, 6.07) is 18.8. The van der Waals surface area contributed by atoms with Crippen molar-refractivity contribution < 1.29 is 28.3 Å². The average molecular weight is 644 g/mol. The Balaban J connectivity index is 1.43. The van der Waals surface area contributed by atoms with E-state index in [0.29, 0.717) is 30.6 Å². The van der Waals surface area contributed by atoms with Crippen molar-refractivity contribution in [2.45, 2.75) is 77.2 Å². The van der Waals surface area contributed by atoms with E-state index >= 15 is 0 Å². The molecular formula is C36H42FN5O5. The maximum atomic E-state index is 14.3. The zero-order chi connectivity index (χ0) is 33.6. The summed E-state index contributed by atoms with van der Waals surface area (Å²) in [5.74, 6) is -1.40. The molecule has 0 aromatic heterocycles. The van der Waals surface area contributed by atoms with Crippen molar-refractivity contribution in [2.75, 3.05) is 18.0 Å². The van der Waals surface area contributed by atoms with Gasteiger partial charge in [-0.2, -0.15) is 0 Å². The third kappa shape index (κ3) is 8.94. The lowest BCUT2D eigenvalue weighted by Gasteiger charge is -2.29. The highest BCUT2D eigenvalue weighted by molar-refractivity contribution is 6.00. The van der Waals surface area contributed by atoms with E-state index in [1.54, 1.807) is 17.9 Å². The largest absolute Gasteiger partial charge is 0.461 e. The summed E-state index contributed by atoms with van der Waals surface area (Å²) < 4.78 is 19.8. The van der Waals surface area contributed by atoms with Crippen LogP contribution in [-0.2, 0) is 38.6 Å². The van der Waals surface area contributed by atoms with Gasteiger partial charge in [-0.05, 0) is 79.6 Å². The van der Waals surface area contributed by atoms with Crippen molar-refractivity contribution in [1.29, 1.82) is 0 Å². The molecule has 0 saturated heterocycles. The van der Waals surface area contributed by atoms with Crippen LogP contribution in [0.15, 0.2) is 66.7 Å². The Morgan fingerprint density at radius 2 is 1.68 bits per heavy atom. The van der Waals surface area contributed by atoms with Gasteiger partial charge in [0, 0.05) is 37.3 Å². The van der Waals surface area contributed by atoms with Crippen LogP contribution in [0.5, 0.6) is 0 Å². The lowest BCUT2D eigenvalue weighted by atomic mass is 9.98. The second-order valence-electron chi connectivity index (χ2n) is 12.8. The molecule has 3 aliphatic heterocycles. The van der Waals surface area contributed by atoms with Gasteiger partial charge in [-0.1, -0.05) is 48.5 Å². The molecule has 3 aromatic rings. The number of anilines is 1. The van der Waals surface area contributed by atoms with E-state index in [2.05, 4.69) is 21.3 Å². The number of amides is 4. The third-order valence-corrected chi connectivity index (χ3v) is 8.41. The molecule has 6 rings (SSSR count). The first-order valence-corrected chi connectivity index (χ1v) is 16.0.